The van der Waals surface area contributed by atoms with Crippen molar-refractivity contribution in [2.24, 2.45) is 0 Å². The van der Waals surface area contributed by atoms with Crippen molar-refractivity contribution >= 4 is 17.7 Å². The van der Waals surface area contributed by atoms with E-state index in [0.717, 1.165) is 5.56 Å². The highest BCUT2D eigenvalue weighted by atomic mass is 16.4. The van der Waals surface area contributed by atoms with Crippen LogP contribution in [0.5, 0.6) is 0 Å². The molecule has 5 nitrogen and oxygen atoms in total. The van der Waals surface area contributed by atoms with Crippen molar-refractivity contribution in [3.05, 3.63) is 29.8 Å². The first kappa shape index (κ1) is 14.0. The molecule has 0 radical (unpaired) electrons. The summed E-state index contributed by atoms with van der Waals surface area (Å²) in [4.78, 5) is 23.9. The second-order valence-corrected chi connectivity index (χ2v) is 4.11. The molecule has 1 aromatic carbocycles. The molecule has 0 spiro atoms. The Morgan fingerprint density at radius 1 is 1.39 bits per heavy atom. The zero-order chi connectivity index (χ0) is 13.5. The monoisotopic (exact) mass is 250 g/mol. The number of carboxylic acid groups (broad SMARTS) is 1. The zero-order valence-corrected chi connectivity index (χ0v) is 10.6. The Hall–Kier alpha value is -2.04. The van der Waals surface area contributed by atoms with Crippen LogP contribution in [0.1, 0.15) is 18.9 Å². The van der Waals surface area contributed by atoms with Gasteiger partial charge in [-0.1, -0.05) is 19.1 Å². The molecule has 2 amide bonds. The molecule has 0 aliphatic rings. The summed E-state index contributed by atoms with van der Waals surface area (Å²) in [6, 6.07) is 6.99. The summed E-state index contributed by atoms with van der Waals surface area (Å²) >= 11 is 0. The molecule has 0 aromatic heterocycles. The van der Waals surface area contributed by atoms with E-state index in [1.807, 2.05) is 32.0 Å². The van der Waals surface area contributed by atoms with Gasteiger partial charge < -0.3 is 15.3 Å². The third kappa shape index (κ3) is 4.45. The van der Waals surface area contributed by atoms with Crippen LogP contribution in [0.25, 0.3) is 0 Å². The number of hydrogen-bond donors (Lipinski definition) is 2. The minimum Gasteiger partial charge on any atom is -0.480 e. The number of aryl methyl sites for hydroxylation is 1. The number of urea groups is 1. The molecule has 1 aromatic rings. The maximum absolute atomic E-state index is 11.9. The van der Waals surface area contributed by atoms with Crippen LogP contribution in [0.2, 0.25) is 0 Å². The summed E-state index contributed by atoms with van der Waals surface area (Å²) in [5.74, 6) is -1.01. The van der Waals surface area contributed by atoms with Crippen molar-refractivity contribution < 1.29 is 14.7 Å². The van der Waals surface area contributed by atoms with Gasteiger partial charge in [0.2, 0.25) is 0 Å². The predicted octanol–water partition coefficient (Wildman–Crippen LogP) is 2.32. The molecule has 98 valence electrons. The molecule has 0 saturated carbocycles. The molecule has 1 rings (SSSR count). The minimum absolute atomic E-state index is 0.286. The molecule has 0 saturated heterocycles. The topological polar surface area (TPSA) is 69.6 Å². The van der Waals surface area contributed by atoms with E-state index in [2.05, 4.69) is 5.32 Å². The molecule has 0 bridgehead atoms. The molecule has 0 atom stereocenters. The minimum atomic E-state index is -1.01. The van der Waals surface area contributed by atoms with Crippen molar-refractivity contribution in [1.29, 1.82) is 0 Å². The molecular weight excluding hydrogens is 232 g/mol. The van der Waals surface area contributed by atoms with Crippen LogP contribution in [0.3, 0.4) is 0 Å². The van der Waals surface area contributed by atoms with Gasteiger partial charge in [-0.3, -0.25) is 4.79 Å². The van der Waals surface area contributed by atoms with Crippen molar-refractivity contribution in [2.75, 3.05) is 18.4 Å². The molecule has 0 aliphatic heterocycles. The lowest BCUT2D eigenvalue weighted by molar-refractivity contribution is -0.137. The van der Waals surface area contributed by atoms with Crippen LogP contribution in [-0.2, 0) is 4.79 Å². The van der Waals surface area contributed by atoms with Gasteiger partial charge in [0.15, 0.2) is 0 Å². The second-order valence-electron chi connectivity index (χ2n) is 4.11. The number of carbonyl (C=O) groups excluding carboxylic acids is 1. The number of carboxylic acids is 1. The van der Waals surface area contributed by atoms with E-state index in [-0.39, 0.29) is 12.6 Å². The molecule has 5 heteroatoms. The Morgan fingerprint density at radius 2 is 2.11 bits per heavy atom. The van der Waals surface area contributed by atoms with Gasteiger partial charge >= 0.3 is 12.0 Å². The summed E-state index contributed by atoms with van der Waals surface area (Å²) in [5, 5.41) is 11.4. The van der Waals surface area contributed by atoms with Crippen LogP contribution in [0.4, 0.5) is 10.5 Å². The van der Waals surface area contributed by atoms with E-state index >= 15 is 0 Å². The number of carbonyl (C=O) groups is 2. The second kappa shape index (κ2) is 6.64. The fourth-order valence-corrected chi connectivity index (χ4v) is 1.61. The number of anilines is 1. The van der Waals surface area contributed by atoms with E-state index in [4.69, 9.17) is 5.11 Å². The van der Waals surface area contributed by atoms with Crippen molar-refractivity contribution in [2.45, 2.75) is 20.3 Å². The lowest BCUT2D eigenvalue weighted by Crippen LogP contribution is -2.39. The van der Waals surface area contributed by atoms with Crippen molar-refractivity contribution in [3.63, 3.8) is 0 Å². The van der Waals surface area contributed by atoms with Crippen molar-refractivity contribution in [1.82, 2.24) is 4.90 Å². The molecule has 0 aliphatic carbocycles. The van der Waals surface area contributed by atoms with E-state index in [0.29, 0.717) is 18.7 Å². The summed E-state index contributed by atoms with van der Waals surface area (Å²) in [7, 11) is 0. The molecule has 2 N–H and O–H groups in total. The fraction of sp³-hybridized carbons (Fsp3) is 0.385. The normalized spacial score (nSPS) is 9.89. The third-order valence-electron chi connectivity index (χ3n) is 2.38. The van der Waals surface area contributed by atoms with Crippen LogP contribution in [0, 0.1) is 6.92 Å². The molecule has 0 fully saturated rings. The Balaban J connectivity index is 2.69. The van der Waals surface area contributed by atoms with E-state index in [1.165, 1.54) is 4.90 Å². The molecule has 0 unspecified atom stereocenters. The Bertz CT molecular complexity index is 432. The first-order valence-corrected chi connectivity index (χ1v) is 5.87. The highest BCUT2D eigenvalue weighted by molar-refractivity contribution is 5.91. The summed E-state index contributed by atoms with van der Waals surface area (Å²) in [6.07, 6.45) is 0.717. The lowest BCUT2D eigenvalue weighted by Gasteiger charge is -2.20. The Kier molecular flexibility index (Phi) is 5.17. The first-order chi connectivity index (χ1) is 8.52. The van der Waals surface area contributed by atoms with E-state index in [1.54, 1.807) is 6.07 Å². The molecular formula is C13H18N2O3. The maximum Gasteiger partial charge on any atom is 0.323 e. The number of benzene rings is 1. The van der Waals surface area contributed by atoms with Gasteiger partial charge in [-0.2, -0.15) is 0 Å². The van der Waals surface area contributed by atoms with Crippen LogP contribution in [-0.4, -0.2) is 35.1 Å². The Labute approximate surface area is 106 Å². The number of amides is 2. The molecule has 0 heterocycles. The molecule has 18 heavy (non-hydrogen) atoms. The number of nitrogens with zero attached hydrogens (tertiary/aromatic N) is 1. The average molecular weight is 250 g/mol. The number of nitrogens with one attached hydrogen (secondary N) is 1. The van der Waals surface area contributed by atoms with Gasteiger partial charge in [0.25, 0.3) is 0 Å². The van der Waals surface area contributed by atoms with E-state index < -0.39 is 5.97 Å². The summed E-state index contributed by atoms with van der Waals surface area (Å²) < 4.78 is 0. The van der Waals surface area contributed by atoms with Crippen LogP contribution in [0.15, 0.2) is 24.3 Å². The van der Waals surface area contributed by atoms with Gasteiger partial charge in [-0.15, -0.1) is 0 Å². The average Bonchev–Trinajstić information content (AvgIpc) is 2.27. The fourth-order valence-electron chi connectivity index (χ4n) is 1.61. The number of aliphatic carboxylic acids is 1. The van der Waals surface area contributed by atoms with E-state index in [9.17, 15) is 9.59 Å². The van der Waals surface area contributed by atoms with Gasteiger partial charge in [-0.25, -0.2) is 4.79 Å². The summed E-state index contributed by atoms with van der Waals surface area (Å²) in [5.41, 5.74) is 1.71. The lowest BCUT2D eigenvalue weighted by atomic mass is 10.2. The zero-order valence-electron chi connectivity index (χ0n) is 10.6. The number of hydrogen-bond acceptors (Lipinski definition) is 2. The standard InChI is InChI=1S/C13H18N2O3/c1-3-7-15(9-12(16)17)13(18)14-11-6-4-5-10(2)8-11/h4-6,8H,3,7,9H2,1-2H3,(H,14,18)(H,16,17). The summed E-state index contributed by atoms with van der Waals surface area (Å²) in [6.45, 7) is 3.96. The SMILES string of the molecule is CCCN(CC(=O)O)C(=O)Nc1cccc(C)c1. The first-order valence-electron chi connectivity index (χ1n) is 5.87. The highest BCUT2D eigenvalue weighted by Gasteiger charge is 2.15. The maximum atomic E-state index is 11.9. The third-order valence-corrected chi connectivity index (χ3v) is 2.38. The van der Waals surface area contributed by atoms with Gasteiger partial charge in [-0.05, 0) is 31.0 Å². The largest absolute Gasteiger partial charge is 0.480 e. The number of rotatable bonds is 5. The van der Waals surface area contributed by atoms with Crippen LogP contribution >= 0.6 is 0 Å². The van der Waals surface area contributed by atoms with Gasteiger partial charge in [0.1, 0.15) is 6.54 Å². The van der Waals surface area contributed by atoms with Gasteiger partial charge in [0, 0.05) is 12.2 Å². The highest BCUT2D eigenvalue weighted by Crippen LogP contribution is 2.10. The Morgan fingerprint density at radius 3 is 2.67 bits per heavy atom. The smallest absolute Gasteiger partial charge is 0.323 e. The van der Waals surface area contributed by atoms with Crippen LogP contribution < -0.4 is 5.32 Å². The predicted molar refractivity (Wildman–Crippen MR) is 69.7 cm³/mol. The van der Waals surface area contributed by atoms with Gasteiger partial charge in [0.05, 0.1) is 0 Å². The quantitative estimate of drug-likeness (QED) is 0.842. The van der Waals surface area contributed by atoms with Crippen molar-refractivity contribution in [3.8, 4) is 0 Å².